The Kier molecular flexibility index (Phi) is 2.73. The fraction of sp³-hybridized carbons (Fsp3) is 0.200. The lowest BCUT2D eigenvalue weighted by atomic mass is 10.3. The van der Waals surface area contributed by atoms with Crippen LogP contribution in [0.1, 0.15) is 5.82 Å². The van der Waals surface area contributed by atoms with E-state index >= 15 is 0 Å². The van der Waals surface area contributed by atoms with Crippen molar-refractivity contribution in [3.63, 3.8) is 0 Å². The van der Waals surface area contributed by atoms with Crippen molar-refractivity contribution < 1.29 is 4.39 Å². The highest BCUT2D eigenvalue weighted by Gasteiger charge is 2.01. The Labute approximate surface area is 86.8 Å². The van der Waals surface area contributed by atoms with Crippen molar-refractivity contribution in [3.8, 4) is 5.69 Å². The van der Waals surface area contributed by atoms with Gasteiger partial charge in [0.1, 0.15) is 12.1 Å². The molecule has 0 saturated heterocycles. The van der Waals surface area contributed by atoms with Crippen LogP contribution in [0.15, 0.2) is 30.6 Å². The molecule has 78 valence electrons. The molecule has 4 nitrogen and oxygen atoms in total. The maximum absolute atomic E-state index is 12.7. The molecule has 1 aromatic heterocycles. The summed E-state index contributed by atoms with van der Waals surface area (Å²) in [6.07, 6.45) is 1.61. The van der Waals surface area contributed by atoms with Gasteiger partial charge in [0, 0.05) is 0 Å². The average Bonchev–Trinajstić information content (AvgIpc) is 2.68. The molecule has 1 N–H and O–H groups in total. The molecular formula is C10H11FN4. The Morgan fingerprint density at radius 1 is 1.33 bits per heavy atom. The maximum atomic E-state index is 12.7. The molecule has 0 fully saturated rings. The molecule has 0 saturated carbocycles. The molecule has 2 aromatic rings. The first-order valence-electron chi connectivity index (χ1n) is 4.60. The lowest BCUT2D eigenvalue weighted by Gasteiger charge is -1.98. The third kappa shape index (κ3) is 2.19. The molecule has 5 heteroatoms. The number of halogens is 1. The Balaban J connectivity index is 2.25. The molecular weight excluding hydrogens is 195 g/mol. The summed E-state index contributed by atoms with van der Waals surface area (Å²) in [5, 5.41) is 7.18. The van der Waals surface area contributed by atoms with Crippen LogP contribution in [0.5, 0.6) is 0 Å². The molecule has 0 amide bonds. The lowest BCUT2D eigenvalue weighted by Crippen LogP contribution is -2.07. The largest absolute Gasteiger partial charge is 0.313 e. The second-order valence-corrected chi connectivity index (χ2v) is 3.11. The van der Waals surface area contributed by atoms with Gasteiger partial charge in [-0.1, -0.05) is 0 Å². The Morgan fingerprint density at radius 2 is 2.07 bits per heavy atom. The van der Waals surface area contributed by atoms with Crippen molar-refractivity contribution in [1.82, 2.24) is 20.1 Å². The number of benzene rings is 1. The molecule has 2 rings (SSSR count). The van der Waals surface area contributed by atoms with Gasteiger partial charge in [-0.3, -0.25) is 0 Å². The number of nitrogens with one attached hydrogen (secondary N) is 1. The number of aromatic nitrogens is 3. The monoisotopic (exact) mass is 206 g/mol. The zero-order chi connectivity index (χ0) is 10.7. The van der Waals surface area contributed by atoms with Crippen LogP contribution in [0.2, 0.25) is 0 Å². The summed E-state index contributed by atoms with van der Waals surface area (Å²) in [7, 11) is 1.83. The minimum atomic E-state index is -0.255. The van der Waals surface area contributed by atoms with E-state index in [2.05, 4.69) is 15.4 Å². The van der Waals surface area contributed by atoms with E-state index in [1.54, 1.807) is 23.1 Å². The first-order chi connectivity index (χ1) is 7.29. The van der Waals surface area contributed by atoms with Crippen molar-refractivity contribution >= 4 is 0 Å². The minimum Gasteiger partial charge on any atom is -0.313 e. The van der Waals surface area contributed by atoms with Gasteiger partial charge in [-0.15, -0.1) is 5.10 Å². The molecule has 0 atom stereocenters. The minimum absolute atomic E-state index is 0.255. The van der Waals surface area contributed by atoms with E-state index in [1.165, 1.54) is 12.1 Å². The Morgan fingerprint density at radius 3 is 2.73 bits per heavy atom. The zero-order valence-corrected chi connectivity index (χ0v) is 8.31. The third-order valence-electron chi connectivity index (χ3n) is 1.97. The molecule has 0 radical (unpaired) electrons. The van der Waals surface area contributed by atoms with Crippen LogP contribution in [-0.4, -0.2) is 21.8 Å². The maximum Gasteiger partial charge on any atom is 0.164 e. The van der Waals surface area contributed by atoms with Gasteiger partial charge in [-0.05, 0) is 31.3 Å². The molecule has 0 aliphatic carbocycles. The molecule has 0 aliphatic heterocycles. The SMILES string of the molecule is CNCc1ncn(-c2ccc(F)cc2)n1. The van der Waals surface area contributed by atoms with Gasteiger partial charge in [-0.2, -0.15) is 0 Å². The first kappa shape index (κ1) is 9.79. The van der Waals surface area contributed by atoms with Gasteiger partial charge >= 0.3 is 0 Å². The second-order valence-electron chi connectivity index (χ2n) is 3.11. The molecule has 0 aliphatic rings. The van der Waals surface area contributed by atoms with Crippen LogP contribution in [0.4, 0.5) is 4.39 Å². The van der Waals surface area contributed by atoms with Crippen LogP contribution < -0.4 is 5.32 Å². The standard InChI is InChI=1S/C10H11FN4/c1-12-6-10-13-7-15(14-10)9-4-2-8(11)3-5-9/h2-5,7,12H,6H2,1H3. The van der Waals surface area contributed by atoms with E-state index in [0.29, 0.717) is 12.4 Å². The topological polar surface area (TPSA) is 42.7 Å². The number of hydrogen-bond acceptors (Lipinski definition) is 3. The van der Waals surface area contributed by atoms with Gasteiger partial charge < -0.3 is 5.32 Å². The van der Waals surface area contributed by atoms with Crippen LogP contribution in [-0.2, 0) is 6.54 Å². The summed E-state index contributed by atoms with van der Waals surface area (Å²) < 4.78 is 14.3. The smallest absolute Gasteiger partial charge is 0.164 e. The van der Waals surface area contributed by atoms with E-state index in [1.807, 2.05) is 7.05 Å². The second kappa shape index (κ2) is 4.18. The van der Waals surface area contributed by atoms with Gasteiger partial charge in [0.25, 0.3) is 0 Å². The summed E-state index contributed by atoms with van der Waals surface area (Å²) in [5.74, 6) is 0.455. The van der Waals surface area contributed by atoms with Crippen LogP contribution in [0.3, 0.4) is 0 Å². The summed E-state index contributed by atoms with van der Waals surface area (Å²) in [5.41, 5.74) is 0.797. The van der Waals surface area contributed by atoms with E-state index in [4.69, 9.17) is 0 Å². The Hall–Kier alpha value is -1.75. The van der Waals surface area contributed by atoms with Gasteiger partial charge in [0.2, 0.25) is 0 Å². The fourth-order valence-corrected chi connectivity index (χ4v) is 1.25. The van der Waals surface area contributed by atoms with E-state index < -0.39 is 0 Å². The molecule has 1 heterocycles. The molecule has 15 heavy (non-hydrogen) atoms. The zero-order valence-electron chi connectivity index (χ0n) is 8.31. The van der Waals surface area contributed by atoms with Gasteiger partial charge in [0.05, 0.1) is 12.2 Å². The number of nitrogens with zero attached hydrogens (tertiary/aromatic N) is 3. The van der Waals surface area contributed by atoms with E-state index in [0.717, 1.165) is 5.69 Å². The van der Waals surface area contributed by atoms with Crippen LogP contribution in [0, 0.1) is 5.82 Å². The highest BCUT2D eigenvalue weighted by molar-refractivity contribution is 5.30. The highest BCUT2D eigenvalue weighted by atomic mass is 19.1. The van der Waals surface area contributed by atoms with Crippen molar-refractivity contribution in [1.29, 1.82) is 0 Å². The van der Waals surface area contributed by atoms with Gasteiger partial charge in [0.15, 0.2) is 5.82 Å². The van der Waals surface area contributed by atoms with Crippen LogP contribution in [0.25, 0.3) is 5.69 Å². The Bertz CT molecular complexity index is 435. The number of hydrogen-bond donors (Lipinski definition) is 1. The predicted octanol–water partition coefficient (Wildman–Crippen LogP) is 1.13. The normalized spacial score (nSPS) is 10.5. The fourth-order valence-electron chi connectivity index (χ4n) is 1.25. The first-order valence-corrected chi connectivity index (χ1v) is 4.60. The number of rotatable bonds is 3. The van der Waals surface area contributed by atoms with Crippen LogP contribution >= 0.6 is 0 Å². The van der Waals surface area contributed by atoms with E-state index in [-0.39, 0.29) is 5.82 Å². The third-order valence-corrected chi connectivity index (χ3v) is 1.97. The summed E-state index contributed by atoms with van der Waals surface area (Å²) in [4.78, 5) is 4.10. The summed E-state index contributed by atoms with van der Waals surface area (Å²) in [6, 6.07) is 6.11. The summed E-state index contributed by atoms with van der Waals surface area (Å²) in [6.45, 7) is 0.619. The highest BCUT2D eigenvalue weighted by Crippen LogP contribution is 2.07. The predicted molar refractivity (Wildman–Crippen MR) is 54.1 cm³/mol. The average molecular weight is 206 g/mol. The molecule has 0 spiro atoms. The van der Waals surface area contributed by atoms with E-state index in [9.17, 15) is 4.39 Å². The van der Waals surface area contributed by atoms with Gasteiger partial charge in [-0.25, -0.2) is 14.1 Å². The lowest BCUT2D eigenvalue weighted by molar-refractivity contribution is 0.627. The summed E-state index contributed by atoms with van der Waals surface area (Å²) >= 11 is 0. The molecule has 0 unspecified atom stereocenters. The van der Waals surface area contributed by atoms with Crippen molar-refractivity contribution in [2.45, 2.75) is 6.54 Å². The van der Waals surface area contributed by atoms with Crippen molar-refractivity contribution in [2.24, 2.45) is 0 Å². The molecule has 1 aromatic carbocycles. The van der Waals surface area contributed by atoms with Crippen molar-refractivity contribution in [2.75, 3.05) is 7.05 Å². The molecule has 0 bridgehead atoms. The van der Waals surface area contributed by atoms with Crippen molar-refractivity contribution in [3.05, 3.63) is 42.2 Å². The quantitative estimate of drug-likeness (QED) is 0.818.